The highest BCUT2D eigenvalue weighted by Gasteiger charge is 2.16. The van der Waals surface area contributed by atoms with Crippen molar-refractivity contribution in [2.45, 2.75) is 0 Å². The Morgan fingerprint density at radius 3 is 2.86 bits per heavy atom. The molecule has 0 saturated heterocycles. The molecule has 104 valence electrons. The maximum Gasteiger partial charge on any atom is 0.231 e. The summed E-state index contributed by atoms with van der Waals surface area (Å²) in [6.45, 7) is 0.255. The molecule has 0 aliphatic carbocycles. The van der Waals surface area contributed by atoms with Crippen molar-refractivity contribution in [2.75, 3.05) is 12.5 Å². The molecular weight excluding hydrogens is 268 g/mol. The van der Waals surface area contributed by atoms with Crippen LogP contribution in [0.15, 0.2) is 48.7 Å². The number of hydrogen-bond acceptors (Lipinski definition) is 5. The molecule has 3 aromatic rings. The minimum atomic E-state index is 0.255. The van der Waals surface area contributed by atoms with Crippen LogP contribution in [0.1, 0.15) is 0 Å². The first-order valence-electron chi connectivity index (χ1n) is 6.48. The average molecular weight is 280 g/mol. The first kappa shape index (κ1) is 11.8. The van der Waals surface area contributed by atoms with E-state index in [-0.39, 0.29) is 6.79 Å². The third-order valence-corrected chi connectivity index (χ3v) is 3.33. The van der Waals surface area contributed by atoms with Gasteiger partial charge in [0.25, 0.3) is 0 Å². The second-order valence-corrected chi connectivity index (χ2v) is 4.69. The number of benzene rings is 2. The molecule has 0 radical (unpaired) electrons. The van der Waals surface area contributed by atoms with Crippen LogP contribution in [-0.2, 0) is 0 Å². The van der Waals surface area contributed by atoms with Gasteiger partial charge in [0, 0.05) is 11.3 Å². The Hall–Kier alpha value is -3.02. The van der Waals surface area contributed by atoms with Gasteiger partial charge in [0.1, 0.15) is 0 Å². The molecule has 6 nitrogen and oxygen atoms in total. The van der Waals surface area contributed by atoms with Crippen LogP contribution in [0.4, 0.5) is 5.69 Å². The van der Waals surface area contributed by atoms with E-state index < -0.39 is 0 Å². The standard InChI is InChI=1S/C15H12N4O2/c16-11-2-1-3-12(7-11)19-13(8-17-18-19)10-4-5-14-15(6-10)21-9-20-14/h1-8H,9,16H2. The van der Waals surface area contributed by atoms with Crippen molar-refractivity contribution in [1.29, 1.82) is 0 Å². The van der Waals surface area contributed by atoms with Crippen molar-refractivity contribution >= 4 is 5.69 Å². The number of nitrogen functional groups attached to an aromatic ring is 1. The average Bonchev–Trinajstić information content (AvgIpc) is 3.15. The van der Waals surface area contributed by atoms with Gasteiger partial charge in [0.2, 0.25) is 6.79 Å². The SMILES string of the molecule is Nc1cccc(-n2nncc2-c2ccc3c(c2)OCO3)c1. The molecule has 2 aromatic carbocycles. The summed E-state index contributed by atoms with van der Waals surface area (Å²) in [6, 6.07) is 13.3. The topological polar surface area (TPSA) is 75.2 Å². The zero-order valence-electron chi connectivity index (χ0n) is 11.1. The zero-order valence-corrected chi connectivity index (χ0v) is 11.1. The number of anilines is 1. The molecule has 2 N–H and O–H groups in total. The molecule has 21 heavy (non-hydrogen) atoms. The molecule has 0 atom stereocenters. The van der Waals surface area contributed by atoms with E-state index >= 15 is 0 Å². The van der Waals surface area contributed by atoms with E-state index in [0.717, 1.165) is 28.4 Å². The predicted molar refractivity (Wildman–Crippen MR) is 77.3 cm³/mol. The van der Waals surface area contributed by atoms with E-state index in [9.17, 15) is 0 Å². The second kappa shape index (κ2) is 4.52. The highest BCUT2D eigenvalue weighted by Crippen LogP contribution is 2.36. The van der Waals surface area contributed by atoms with Gasteiger partial charge in [0.05, 0.1) is 17.6 Å². The summed E-state index contributed by atoms with van der Waals surface area (Å²) in [5, 5.41) is 8.13. The highest BCUT2D eigenvalue weighted by molar-refractivity contribution is 5.66. The molecule has 1 aliphatic rings. The summed E-state index contributed by atoms with van der Waals surface area (Å²) in [5.74, 6) is 1.48. The smallest absolute Gasteiger partial charge is 0.231 e. The van der Waals surface area contributed by atoms with Crippen molar-refractivity contribution in [3.63, 3.8) is 0 Å². The van der Waals surface area contributed by atoms with Crippen LogP contribution in [0.3, 0.4) is 0 Å². The predicted octanol–water partition coefficient (Wildman–Crippen LogP) is 2.25. The lowest BCUT2D eigenvalue weighted by molar-refractivity contribution is 0.174. The second-order valence-electron chi connectivity index (χ2n) is 4.69. The molecule has 0 saturated carbocycles. The molecule has 4 rings (SSSR count). The first-order valence-corrected chi connectivity index (χ1v) is 6.48. The van der Waals surface area contributed by atoms with Gasteiger partial charge in [-0.3, -0.25) is 0 Å². The molecular formula is C15H12N4O2. The Balaban J connectivity index is 1.82. The third-order valence-electron chi connectivity index (χ3n) is 3.33. The first-order chi connectivity index (χ1) is 10.3. The molecule has 2 heterocycles. The van der Waals surface area contributed by atoms with Crippen LogP contribution in [0.2, 0.25) is 0 Å². The summed E-state index contributed by atoms with van der Waals surface area (Å²) in [4.78, 5) is 0. The van der Waals surface area contributed by atoms with E-state index in [1.54, 1.807) is 10.9 Å². The molecule has 1 aliphatic heterocycles. The fraction of sp³-hybridized carbons (Fsp3) is 0.0667. The molecule has 0 bridgehead atoms. The summed E-state index contributed by atoms with van der Waals surface area (Å²) in [7, 11) is 0. The normalized spacial score (nSPS) is 12.6. The Kier molecular flexibility index (Phi) is 2.53. The lowest BCUT2D eigenvalue weighted by Gasteiger charge is -2.07. The van der Waals surface area contributed by atoms with Crippen LogP contribution in [0.5, 0.6) is 11.5 Å². The van der Waals surface area contributed by atoms with Crippen molar-refractivity contribution in [1.82, 2.24) is 15.0 Å². The lowest BCUT2D eigenvalue weighted by atomic mass is 10.1. The van der Waals surface area contributed by atoms with Crippen LogP contribution >= 0.6 is 0 Å². The van der Waals surface area contributed by atoms with Gasteiger partial charge in [-0.25, -0.2) is 4.68 Å². The summed E-state index contributed by atoms with van der Waals surface area (Å²) in [5.41, 5.74) is 9.18. The lowest BCUT2D eigenvalue weighted by Crippen LogP contribution is -2.00. The molecule has 0 amide bonds. The van der Waals surface area contributed by atoms with Crippen LogP contribution in [0, 0.1) is 0 Å². The van der Waals surface area contributed by atoms with E-state index in [1.165, 1.54) is 0 Å². The zero-order chi connectivity index (χ0) is 14.2. The molecule has 1 aromatic heterocycles. The Morgan fingerprint density at radius 2 is 1.95 bits per heavy atom. The molecule has 6 heteroatoms. The summed E-state index contributed by atoms with van der Waals surface area (Å²) < 4.78 is 12.5. The summed E-state index contributed by atoms with van der Waals surface area (Å²) in [6.07, 6.45) is 1.71. The Labute approximate surface area is 120 Å². The third kappa shape index (κ3) is 1.97. The number of fused-ring (bicyclic) bond motifs is 1. The van der Waals surface area contributed by atoms with Gasteiger partial charge < -0.3 is 15.2 Å². The van der Waals surface area contributed by atoms with Crippen molar-refractivity contribution in [2.24, 2.45) is 0 Å². The quantitative estimate of drug-likeness (QED) is 0.729. The van der Waals surface area contributed by atoms with Crippen molar-refractivity contribution in [3.05, 3.63) is 48.7 Å². The van der Waals surface area contributed by atoms with E-state index in [0.29, 0.717) is 5.69 Å². The number of aromatic nitrogens is 3. The van der Waals surface area contributed by atoms with Crippen molar-refractivity contribution < 1.29 is 9.47 Å². The number of nitrogens with zero attached hydrogens (tertiary/aromatic N) is 3. The highest BCUT2D eigenvalue weighted by atomic mass is 16.7. The fourth-order valence-corrected chi connectivity index (χ4v) is 2.33. The number of nitrogens with two attached hydrogens (primary N) is 1. The van der Waals surface area contributed by atoms with Crippen LogP contribution in [0.25, 0.3) is 16.9 Å². The van der Waals surface area contributed by atoms with E-state index in [1.807, 2.05) is 42.5 Å². The Bertz CT molecular complexity index is 813. The van der Waals surface area contributed by atoms with Gasteiger partial charge in [-0.1, -0.05) is 11.3 Å². The summed E-state index contributed by atoms with van der Waals surface area (Å²) >= 11 is 0. The van der Waals surface area contributed by atoms with Gasteiger partial charge in [-0.2, -0.15) is 0 Å². The minimum absolute atomic E-state index is 0.255. The Morgan fingerprint density at radius 1 is 1.05 bits per heavy atom. The minimum Gasteiger partial charge on any atom is -0.454 e. The maximum atomic E-state index is 5.83. The van der Waals surface area contributed by atoms with Gasteiger partial charge in [-0.15, -0.1) is 5.10 Å². The van der Waals surface area contributed by atoms with E-state index in [2.05, 4.69) is 10.3 Å². The van der Waals surface area contributed by atoms with Gasteiger partial charge >= 0.3 is 0 Å². The monoisotopic (exact) mass is 280 g/mol. The molecule has 0 spiro atoms. The number of ether oxygens (including phenoxy) is 2. The van der Waals surface area contributed by atoms with Gasteiger partial charge in [0.15, 0.2) is 11.5 Å². The van der Waals surface area contributed by atoms with Crippen molar-refractivity contribution in [3.8, 4) is 28.4 Å². The molecule has 0 fully saturated rings. The van der Waals surface area contributed by atoms with Crippen LogP contribution in [-0.4, -0.2) is 21.8 Å². The number of hydrogen-bond donors (Lipinski definition) is 1. The number of rotatable bonds is 2. The largest absolute Gasteiger partial charge is 0.454 e. The fourth-order valence-electron chi connectivity index (χ4n) is 2.33. The molecule has 0 unspecified atom stereocenters. The van der Waals surface area contributed by atoms with E-state index in [4.69, 9.17) is 15.2 Å². The van der Waals surface area contributed by atoms with Gasteiger partial charge in [-0.05, 0) is 36.4 Å². The van der Waals surface area contributed by atoms with Crippen LogP contribution < -0.4 is 15.2 Å². The maximum absolute atomic E-state index is 5.83.